The number of halogens is 1. The summed E-state index contributed by atoms with van der Waals surface area (Å²) >= 11 is 0. The van der Waals surface area contributed by atoms with Crippen LogP contribution in [0.2, 0.25) is 0 Å². The first-order valence-electron chi connectivity index (χ1n) is 7.97. The molecule has 0 saturated carbocycles. The number of aromatic carboxylic acids is 1. The molecule has 0 aliphatic carbocycles. The molecule has 25 heavy (non-hydrogen) atoms. The number of piperazine rings is 1. The quantitative estimate of drug-likeness (QED) is 0.900. The molecule has 1 aromatic heterocycles. The highest BCUT2D eigenvalue weighted by Gasteiger charge is 2.28. The van der Waals surface area contributed by atoms with Crippen molar-refractivity contribution in [1.82, 2.24) is 19.6 Å². The van der Waals surface area contributed by atoms with Crippen LogP contribution < -0.4 is 0 Å². The molecule has 1 saturated heterocycles. The molecule has 2 aromatic rings. The topological polar surface area (TPSA) is 78.7 Å². The van der Waals surface area contributed by atoms with Crippen LogP contribution in [0.25, 0.3) is 0 Å². The summed E-state index contributed by atoms with van der Waals surface area (Å²) in [6.07, 6.45) is 1.30. The van der Waals surface area contributed by atoms with Crippen LogP contribution in [-0.4, -0.2) is 62.7 Å². The normalized spacial score (nSPS) is 15.4. The van der Waals surface area contributed by atoms with Crippen molar-refractivity contribution in [3.63, 3.8) is 0 Å². The monoisotopic (exact) mass is 346 g/mol. The molecule has 3 rings (SSSR count). The molecule has 8 heteroatoms. The van der Waals surface area contributed by atoms with E-state index in [0.29, 0.717) is 32.7 Å². The smallest absolute Gasteiger partial charge is 0.354 e. The van der Waals surface area contributed by atoms with Gasteiger partial charge < -0.3 is 10.0 Å². The van der Waals surface area contributed by atoms with Crippen LogP contribution in [0, 0.1) is 5.82 Å². The Morgan fingerprint density at radius 1 is 1.16 bits per heavy atom. The van der Waals surface area contributed by atoms with E-state index in [9.17, 15) is 19.1 Å². The number of aromatic nitrogens is 2. The highest BCUT2D eigenvalue weighted by atomic mass is 19.1. The first-order chi connectivity index (χ1) is 12.0. The van der Waals surface area contributed by atoms with E-state index < -0.39 is 5.97 Å². The summed E-state index contributed by atoms with van der Waals surface area (Å²) in [5.74, 6) is -1.74. The minimum absolute atomic E-state index is 0.0984. The van der Waals surface area contributed by atoms with Crippen molar-refractivity contribution in [2.24, 2.45) is 7.05 Å². The minimum atomic E-state index is -1.17. The van der Waals surface area contributed by atoms with Gasteiger partial charge in [-0.25, -0.2) is 9.18 Å². The van der Waals surface area contributed by atoms with Gasteiger partial charge in [-0.1, -0.05) is 12.1 Å². The molecule has 0 radical (unpaired) electrons. The molecular weight excluding hydrogens is 327 g/mol. The lowest BCUT2D eigenvalue weighted by molar-refractivity contribution is 0.0606. The van der Waals surface area contributed by atoms with Crippen molar-refractivity contribution < 1.29 is 19.1 Å². The number of rotatable bonds is 4. The molecule has 2 heterocycles. The number of nitrogens with zero attached hydrogens (tertiary/aromatic N) is 4. The number of carboxylic acid groups (broad SMARTS) is 1. The molecular formula is C17H19FN4O3. The number of aryl methyl sites for hydroxylation is 1. The van der Waals surface area contributed by atoms with E-state index in [-0.39, 0.29) is 23.0 Å². The van der Waals surface area contributed by atoms with E-state index in [1.165, 1.54) is 30.1 Å². The molecule has 1 amide bonds. The second-order valence-electron chi connectivity index (χ2n) is 6.03. The van der Waals surface area contributed by atoms with E-state index in [1.807, 2.05) is 0 Å². The first kappa shape index (κ1) is 17.1. The Balaban J connectivity index is 1.61. The van der Waals surface area contributed by atoms with Gasteiger partial charge in [-0.05, 0) is 17.7 Å². The predicted molar refractivity (Wildman–Crippen MR) is 87.7 cm³/mol. The van der Waals surface area contributed by atoms with Gasteiger partial charge in [0.05, 0.1) is 11.8 Å². The van der Waals surface area contributed by atoms with E-state index in [4.69, 9.17) is 0 Å². The molecule has 0 unspecified atom stereocenters. The molecule has 1 N–H and O–H groups in total. The van der Waals surface area contributed by atoms with Gasteiger partial charge in [0, 0.05) is 39.8 Å². The Bertz CT molecular complexity index is 780. The number of benzene rings is 1. The van der Waals surface area contributed by atoms with Crippen molar-refractivity contribution in [2.45, 2.75) is 6.54 Å². The number of carboxylic acids is 1. The number of carbonyl (C=O) groups is 2. The zero-order valence-corrected chi connectivity index (χ0v) is 13.9. The molecule has 0 atom stereocenters. The number of amides is 1. The third kappa shape index (κ3) is 3.69. The SMILES string of the molecule is Cn1ncc(C(=O)N2CCN(Cc3ccc(F)cc3)CC2)c1C(=O)O. The largest absolute Gasteiger partial charge is 0.477 e. The van der Waals surface area contributed by atoms with E-state index in [1.54, 1.807) is 17.0 Å². The van der Waals surface area contributed by atoms with Gasteiger partial charge in [0.1, 0.15) is 5.82 Å². The van der Waals surface area contributed by atoms with Crippen molar-refractivity contribution in [3.05, 3.63) is 53.1 Å². The van der Waals surface area contributed by atoms with Gasteiger partial charge in [0.2, 0.25) is 0 Å². The van der Waals surface area contributed by atoms with E-state index >= 15 is 0 Å². The van der Waals surface area contributed by atoms with Crippen LogP contribution in [-0.2, 0) is 13.6 Å². The average molecular weight is 346 g/mol. The third-order valence-corrected chi connectivity index (χ3v) is 4.35. The average Bonchev–Trinajstić information content (AvgIpc) is 2.99. The first-order valence-corrected chi connectivity index (χ1v) is 7.97. The van der Waals surface area contributed by atoms with Gasteiger partial charge >= 0.3 is 5.97 Å². The number of hydrogen-bond acceptors (Lipinski definition) is 4. The van der Waals surface area contributed by atoms with Crippen molar-refractivity contribution in [3.8, 4) is 0 Å². The highest BCUT2D eigenvalue weighted by Crippen LogP contribution is 2.15. The summed E-state index contributed by atoms with van der Waals surface area (Å²) < 4.78 is 14.1. The Hall–Kier alpha value is -2.74. The van der Waals surface area contributed by atoms with Gasteiger partial charge in [-0.15, -0.1) is 0 Å². The summed E-state index contributed by atoms with van der Waals surface area (Å²) in [7, 11) is 1.50. The van der Waals surface area contributed by atoms with Crippen LogP contribution in [0.5, 0.6) is 0 Å². The fourth-order valence-electron chi connectivity index (χ4n) is 2.98. The van der Waals surface area contributed by atoms with Crippen molar-refractivity contribution in [2.75, 3.05) is 26.2 Å². The fraction of sp³-hybridized carbons (Fsp3) is 0.353. The zero-order chi connectivity index (χ0) is 18.0. The molecule has 1 aliphatic heterocycles. The molecule has 1 aliphatic rings. The maximum atomic E-state index is 13.0. The molecule has 1 aromatic carbocycles. The second kappa shape index (κ2) is 7.02. The number of hydrogen-bond donors (Lipinski definition) is 1. The van der Waals surface area contributed by atoms with Crippen LogP contribution in [0.3, 0.4) is 0 Å². The van der Waals surface area contributed by atoms with E-state index in [2.05, 4.69) is 10.00 Å². The molecule has 0 spiro atoms. The Labute approximate surface area is 144 Å². The van der Waals surface area contributed by atoms with Gasteiger partial charge in [-0.3, -0.25) is 14.4 Å². The van der Waals surface area contributed by atoms with Gasteiger partial charge in [0.25, 0.3) is 5.91 Å². The molecule has 1 fully saturated rings. The Morgan fingerprint density at radius 3 is 2.40 bits per heavy atom. The lowest BCUT2D eigenvalue weighted by Crippen LogP contribution is -2.48. The lowest BCUT2D eigenvalue weighted by Gasteiger charge is -2.34. The minimum Gasteiger partial charge on any atom is -0.477 e. The maximum absolute atomic E-state index is 13.0. The van der Waals surface area contributed by atoms with Crippen LogP contribution in [0.4, 0.5) is 4.39 Å². The number of carbonyl (C=O) groups excluding carboxylic acids is 1. The summed E-state index contributed by atoms with van der Waals surface area (Å²) in [4.78, 5) is 27.7. The Morgan fingerprint density at radius 2 is 1.80 bits per heavy atom. The van der Waals surface area contributed by atoms with E-state index in [0.717, 1.165) is 5.56 Å². The summed E-state index contributed by atoms with van der Waals surface area (Å²) in [5.41, 5.74) is 1.03. The summed E-state index contributed by atoms with van der Waals surface area (Å²) in [6.45, 7) is 3.05. The summed E-state index contributed by atoms with van der Waals surface area (Å²) in [6, 6.07) is 6.37. The standard InChI is InChI=1S/C17H19FN4O3/c1-20-15(17(24)25)14(10-19-20)16(23)22-8-6-21(7-9-22)11-12-2-4-13(18)5-3-12/h2-5,10H,6-9,11H2,1H3,(H,24,25). The highest BCUT2D eigenvalue weighted by molar-refractivity contribution is 6.03. The van der Waals surface area contributed by atoms with Crippen LogP contribution in [0.15, 0.2) is 30.5 Å². The second-order valence-corrected chi connectivity index (χ2v) is 6.03. The summed E-state index contributed by atoms with van der Waals surface area (Å²) in [5, 5.41) is 13.1. The molecule has 0 bridgehead atoms. The van der Waals surface area contributed by atoms with Gasteiger partial charge in [0.15, 0.2) is 5.69 Å². The Kier molecular flexibility index (Phi) is 4.80. The van der Waals surface area contributed by atoms with Crippen molar-refractivity contribution in [1.29, 1.82) is 0 Å². The molecule has 7 nitrogen and oxygen atoms in total. The molecule has 132 valence electrons. The lowest BCUT2D eigenvalue weighted by atomic mass is 10.1. The maximum Gasteiger partial charge on any atom is 0.354 e. The van der Waals surface area contributed by atoms with Gasteiger partial charge in [-0.2, -0.15) is 5.10 Å². The van der Waals surface area contributed by atoms with Crippen molar-refractivity contribution >= 4 is 11.9 Å². The predicted octanol–water partition coefficient (Wildman–Crippen LogP) is 1.22. The zero-order valence-electron chi connectivity index (χ0n) is 13.9. The fourth-order valence-corrected chi connectivity index (χ4v) is 2.98. The third-order valence-electron chi connectivity index (χ3n) is 4.35. The van der Waals surface area contributed by atoms with Crippen LogP contribution >= 0.6 is 0 Å². The van der Waals surface area contributed by atoms with Crippen LogP contribution in [0.1, 0.15) is 26.4 Å².